The highest BCUT2D eigenvalue weighted by Gasteiger charge is 2.34. The van der Waals surface area contributed by atoms with Gasteiger partial charge in [0, 0.05) is 0 Å². The molecule has 2 unspecified atom stereocenters. The van der Waals surface area contributed by atoms with Crippen molar-refractivity contribution >= 4 is 16.9 Å². The molecule has 1 N–H and O–H groups in total. The van der Waals surface area contributed by atoms with E-state index in [1.54, 1.807) is 24.3 Å². The Balaban J connectivity index is 1.53. The zero-order valence-electron chi connectivity index (χ0n) is 21.1. The molecule has 3 rings (SSSR count). The zero-order chi connectivity index (χ0) is 24.9. The lowest BCUT2D eigenvalue weighted by molar-refractivity contribution is -0.645. The molecular formula is C29H41N3O3. The summed E-state index contributed by atoms with van der Waals surface area (Å²) >= 11 is 0. The van der Waals surface area contributed by atoms with E-state index in [0.29, 0.717) is 28.7 Å². The Morgan fingerprint density at radius 2 is 1.46 bits per heavy atom. The molecule has 0 radical (unpaired) electrons. The molecule has 2 atom stereocenters. The molecule has 0 bridgehead atoms. The number of nitrogens with zero attached hydrogens (tertiary/aromatic N) is 3. The average molecular weight is 480 g/mol. The van der Waals surface area contributed by atoms with Crippen LogP contribution >= 0.6 is 0 Å². The second-order valence-corrected chi connectivity index (χ2v) is 9.69. The van der Waals surface area contributed by atoms with Gasteiger partial charge in [0.1, 0.15) is 5.21 Å². The molecule has 0 aliphatic heterocycles. The van der Waals surface area contributed by atoms with Crippen LogP contribution in [0.1, 0.15) is 94.3 Å². The Hall–Kier alpha value is -2.73. The Morgan fingerprint density at radius 1 is 0.886 bits per heavy atom. The van der Waals surface area contributed by atoms with Crippen molar-refractivity contribution in [3.8, 4) is 0 Å². The summed E-state index contributed by atoms with van der Waals surface area (Å²) in [5.41, 5.74) is 1.79. The maximum absolute atomic E-state index is 13.5. The second-order valence-electron chi connectivity index (χ2n) is 9.69. The first-order valence-corrected chi connectivity index (χ1v) is 13.5. The molecule has 0 fully saturated rings. The van der Waals surface area contributed by atoms with Gasteiger partial charge in [0.15, 0.2) is 0 Å². The van der Waals surface area contributed by atoms with Crippen molar-refractivity contribution in [1.29, 1.82) is 0 Å². The van der Waals surface area contributed by atoms with Gasteiger partial charge in [0.2, 0.25) is 11.0 Å². The molecule has 0 aliphatic carbocycles. The van der Waals surface area contributed by atoms with Gasteiger partial charge in [0.25, 0.3) is 0 Å². The number of aliphatic hydroxyl groups is 1. The minimum Gasteiger partial charge on any atom is -0.691 e. The summed E-state index contributed by atoms with van der Waals surface area (Å²) in [4.78, 5) is 14.0. The fourth-order valence-corrected chi connectivity index (χ4v) is 4.78. The first-order valence-electron chi connectivity index (χ1n) is 13.5. The van der Waals surface area contributed by atoms with Crippen LogP contribution in [0.25, 0.3) is 11.0 Å². The molecule has 3 aromatic rings. The van der Waals surface area contributed by atoms with Gasteiger partial charge in [-0.3, -0.25) is 0 Å². The maximum Gasteiger partial charge on any atom is 0.341 e. The van der Waals surface area contributed by atoms with Crippen molar-refractivity contribution in [3.63, 3.8) is 0 Å². The molecule has 0 saturated carbocycles. The SMILES string of the molecule is CCCCCCCCCCCCCC(O)C(Cc1ccccc1)C(=O)n1n[n+]([O-])c2ccccc21. The van der Waals surface area contributed by atoms with Crippen LogP contribution in [0, 0.1) is 11.1 Å². The first-order chi connectivity index (χ1) is 17.1. The monoisotopic (exact) mass is 479 g/mol. The van der Waals surface area contributed by atoms with Crippen LogP contribution in [0.5, 0.6) is 0 Å². The number of carbonyl (C=O) groups excluding carboxylic acids is 1. The first kappa shape index (κ1) is 26.9. The van der Waals surface area contributed by atoms with E-state index >= 15 is 0 Å². The molecule has 190 valence electrons. The van der Waals surface area contributed by atoms with Gasteiger partial charge in [0.05, 0.1) is 12.0 Å². The lowest BCUT2D eigenvalue weighted by atomic mass is 9.90. The van der Waals surface area contributed by atoms with Crippen molar-refractivity contribution in [1.82, 2.24) is 9.90 Å². The number of aliphatic hydroxyl groups excluding tert-OH is 1. The van der Waals surface area contributed by atoms with E-state index in [1.807, 2.05) is 30.3 Å². The van der Waals surface area contributed by atoms with Crippen LogP contribution < -0.4 is 4.85 Å². The van der Waals surface area contributed by atoms with Crippen LogP contribution in [0.15, 0.2) is 54.6 Å². The molecule has 6 heteroatoms. The Labute approximate surface area is 209 Å². The van der Waals surface area contributed by atoms with Crippen molar-refractivity contribution in [2.75, 3.05) is 0 Å². The Kier molecular flexibility index (Phi) is 11.2. The van der Waals surface area contributed by atoms with Gasteiger partial charge < -0.3 is 10.3 Å². The zero-order valence-corrected chi connectivity index (χ0v) is 21.1. The highest BCUT2D eigenvalue weighted by atomic mass is 16.5. The summed E-state index contributed by atoms with van der Waals surface area (Å²) < 4.78 is 1.17. The fourth-order valence-electron chi connectivity index (χ4n) is 4.78. The summed E-state index contributed by atoms with van der Waals surface area (Å²) in [7, 11) is 0. The number of para-hydroxylation sites is 2. The molecule has 1 heterocycles. The van der Waals surface area contributed by atoms with Gasteiger partial charge in [-0.15, -0.1) is 4.85 Å². The standard InChI is InChI=1S/C29H41N3O3/c1-2-3-4-5-6-7-8-9-10-11-15-22-28(33)25(23-24-18-13-12-14-19-24)29(34)31-26-20-16-17-21-27(26)32(35)30-31/h12-14,16-21,25,28,33H,2-11,15,22-23H2,1H3. The van der Waals surface area contributed by atoms with E-state index in [9.17, 15) is 15.1 Å². The summed E-state index contributed by atoms with van der Waals surface area (Å²) in [6.07, 6.45) is 13.8. The molecule has 0 saturated heterocycles. The van der Waals surface area contributed by atoms with E-state index in [-0.39, 0.29) is 5.91 Å². The second kappa shape index (κ2) is 14.6. The van der Waals surface area contributed by atoms with Crippen molar-refractivity contribution < 1.29 is 14.7 Å². The predicted octanol–water partition coefficient (Wildman–Crippen LogP) is 6.23. The maximum atomic E-state index is 13.5. The molecule has 1 aromatic heterocycles. The minimum atomic E-state index is -0.788. The third kappa shape index (κ3) is 8.17. The third-order valence-corrected chi connectivity index (χ3v) is 6.88. The fraction of sp³-hybridized carbons (Fsp3) is 0.552. The normalized spacial score (nSPS) is 13.2. The lowest BCUT2D eigenvalue weighted by Crippen LogP contribution is -2.37. The number of hydrogen-bond donors (Lipinski definition) is 1. The molecule has 0 spiro atoms. The molecule has 0 aliphatic rings. The topological polar surface area (TPSA) is 82.1 Å². The van der Waals surface area contributed by atoms with Crippen molar-refractivity contribution in [3.05, 3.63) is 65.4 Å². The van der Waals surface area contributed by atoms with Crippen LogP contribution in [-0.4, -0.2) is 27.0 Å². The molecule has 2 aromatic carbocycles. The molecule has 6 nitrogen and oxygen atoms in total. The van der Waals surface area contributed by atoms with Crippen molar-refractivity contribution in [2.45, 2.75) is 96.5 Å². The minimum absolute atomic E-state index is 0.338. The number of unbranched alkanes of at least 4 members (excludes halogenated alkanes) is 10. The number of aromatic nitrogens is 3. The highest BCUT2D eigenvalue weighted by Crippen LogP contribution is 2.22. The van der Waals surface area contributed by atoms with E-state index in [2.05, 4.69) is 12.1 Å². The van der Waals surface area contributed by atoms with Gasteiger partial charge in [-0.1, -0.05) is 125 Å². The average Bonchev–Trinajstić information content (AvgIpc) is 3.22. The largest absolute Gasteiger partial charge is 0.691 e. The van der Waals surface area contributed by atoms with E-state index in [1.165, 1.54) is 62.5 Å². The van der Waals surface area contributed by atoms with E-state index < -0.39 is 12.0 Å². The molecule has 35 heavy (non-hydrogen) atoms. The quantitative estimate of drug-likeness (QED) is 0.150. The van der Waals surface area contributed by atoms with Crippen LogP contribution in [0.2, 0.25) is 0 Å². The number of fused-ring (bicyclic) bond motifs is 1. The van der Waals surface area contributed by atoms with Crippen molar-refractivity contribution in [2.24, 2.45) is 5.92 Å². The number of rotatable bonds is 16. The van der Waals surface area contributed by atoms with Crippen LogP contribution in [0.4, 0.5) is 0 Å². The van der Waals surface area contributed by atoms with Crippen LogP contribution in [-0.2, 0) is 6.42 Å². The predicted molar refractivity (Wildman–Crippen MR) is 140 cm³/mol. The van der Waals surface area contributed by atoms with Gasteiger partial charge in [-0.25, -0.2) is 4.79 Å². The number of hydrogen-bond acceptors (Lipinski definition) is 4. The van der Waals surface area contributed by atoms with Gasteiger partial charge in [-0.05, 0) is 30.5 Å². The molecular weight excluding hydrogens is 438 g/mol. The summed E-state index contributed by atoms with van der Waals surface area (Å²) in [5.74, 6) is -1.00. The summed E-state index contributed by atoms with van der Waals surface area (Å²) in [6, 6.07) is 16.6. The molecule has 0 amide bonds. The summed E-state index contributed by atoms with van der Waals surface area (Å²) in [5, 5.41) is 27.2. The Morgan fingerprint density at radius 3 is 2.11 bits per heavy atom. The van der Waals surface area contributed by atoms with E-state index in [0.717, 1.165) is 18.4 Å². The van der Waals surface area contributed by atoms with Crippen LogP contribution in [0.3, 0.4) is 0 Å². The van der Waals surface area contributed by atoms with Gasteiger partial charge >= 0.3 is 5.91 Å². The smallest absolute Gasteiger partial charge is 0.341 e. The third-order valence-electron chi connectivity index (χ3n) is 6.88. The number of benzene rings is 2. The lowest BCUT2D eigenvalue weighted by Gasteiger charge is -2.19. The summed E-state index contributed by atoms with van der Waals surface area (Å²) in [6.45, 7) is 2.25. The Bertz CT molecular complexity index is 1020. The highest BCUT2D eigenvalue weighted by molar-refractivity contribution is 5.89. The van der Waals surface area contributed by atoms with Gasteiger partial charge in [-0.2, -0.15) is 0 Å². The van der Waals surface area contributed by atoms with E-state index in [4.69, 9.17) is 0 Å². The number of carbonyl (C=O) groups is 1.